The van der Waals surface area contributed by atoms with Crippen LogP contribution in [0, 0.1) is 0 Å². The van der Waals surface area contributed by atoms with E-state index in [-0.39, 0.29) is 18.1 Å². The van der Waals surface area contributed by atoms with Gasteiger partial charge < -0.3 is 15.0 Å². The third kappa shape index (κ3) is 2.65. The van der Waals surface area contributed by atoms with E-state index in [0.29, 0.717) is 16.3 Å². The van der Waals surface area contributed by atoms with Crippen LogP contribution in [0.4, 0.5) is 5.82 Å². The van der Waals surface area contributed by atoms with Crippen LogP contribution < -0.4 is 10.8 Å². The molecular weight excluding hydrogens is 326 g/mol. The number of hydrogen-bond donors (Lipinski definition) is 2. The van der Waals surface area contributed by atoms with Crippen LogP contribution in [0.2, 0.25) is 5.02 Å². The van der Waals surface area contributed by atoms with Crippen LogP contribution in [0.25, 0.3) is 10.9 Å². The summed E-state index contributed by atoms with van der Waals surface area (Å²) in [6.45, 7) is 0.282. The number of amides is 1. The predicted octanol–water partition coefficient (Wildman–Crippen LogP) is 2.36. The van der Waals surface area contributed by atoms with Gasteiger partial charge in [-0.25, -0.2) is 4.98 Å². The second-order valence-corrected chi connectivity index (χ2v) is 5.94. The lowest BCUT2D eigenvalue weighted by molar-refractivity contribution is 0.102. The Hall–Kier alpha value is -2.41. The fraction of sp³-hybridized carbons (Fsp3) is 0.0588. The first-order valence-electron chi connectivity index (χ1n) is 7.41. The molecule has 118 valence electrons. The van der Waals surface area contributed by atoms with Gasteiger partial charge in [0, 0.05) is 5.39 Å². The second kappa shape index (κ2) is 5.90. The minimum absolute atomic E-state index is 0.273. The van der Waals surface area contributed by atoms with E-state index in [1.807, 2.05) is 30.3 Å². The number of rotatable bonds is 2. The van der Waals surface area contributed by atoms with E-state index in [2.05, 4.69) is 10.3 Å². The lowest BCUT2D eigenvalue weighted by atomic mass is 9.78. The highest BCUT2D eigenvalue weighted by molar-refractivity contribution is 6.61. The number of aromatic nitrogens is 1. The maximum absolute atomic E-state index is 12.5. The number of halogens is 1. The molecule has 0 radical (unpaired) electrons. The van der Waals surface area contributed by atoms with Crippen LogP contribution in [0.3, 0.4) is 0 Å². The molecule has 0 unspecified atom stereocenters. The van der Waals surface area contributed by atoms with Crippen LogP contribution in [0.5, 0.6) is 0 Å². The highest BCUT2D eigenvalue weighted by Crippen LogP contribution is 2.22. The van der Waals surface area contributed by atoms with Crippen LogP contribution in [0.15, 0.2) is 48.5 Å². The molecule has 0 saturated heterocycles. The summed E-state index contributed by atoms with van der Waals surface area (Å²) in [4.78, 5) is 16.9. The number of hydrogen-bond acceptors (Lipinski definition) is 4. The Kier molecular flexibility index (Phi) is 3.73. The topological polar surface area (TPSA) is 71.5 Å². The van der Waals surface area contributed by atoms with Crippen molar-refractivity contribution in [2.75, 3.05) is 5.32 Å². The first kappa shape index (κ1) is 15.1. The van der Waals surface area contributed by atoms with Gasteiger partial charge in [-0.2, -0.15) is 0 Å². The lowest BCUT2D eigenvalue weighted by Crippen LogP contribution is -2.29. The first-order valence-corrected chi connectivity index (χ1v) is 7.79. The number of anilines is 1. The molecular formula is C17H12BClN2O3. The predicted molar refractivity (Wildman–Crippen MR) is 93.5 cm³/mol. The Morgan fingerprint density at radius 1 is 1.25 bits per heavy atom. The van der Waals surface area contributed by atoms with Crippen molar-refractivity contribution >= 4 is 46.8 Å². The molecule has 2 N–H and O–H groups in total. The van der Waals surface area contributed by atoms with Crippen molar-refractivity contribution in [2.24, 2.45) is 0 Å². The van der Waals surface area contributed by atoms with Crippen molar-refractivity contribution < 1.29 is 14.5 Å². The van der Waals surface area contributed by atoms with E-state index in [4.69, 9.17) is 16.3 Å². The summed E-state index contributed by atoms with van der Waals surface area (Å²) in [7, 11) is -1.03. The molecule has 24 heavy (non-hydrogen) atoms. The van der Waals surface area contributed by atoms with Gasteiger partial charge in [0.1, 0.15) is 5.82 Å². The standard InChI is InChI=1S/C17H12BClN2O3/c19-14-7-11-9-24-18(23)13(11)8-12(14)17(22)21-16-6-5-10-3-1-2-4-15(10)20-16/h1-8,23H,9H2,(H,20,21,22). The lowest BCUT2D eigenvalue weighted by Gasteiger charge is -2.09. The third-order valence-electron chi connectivity index (χ3n) is 3.98. The quantitative estimate of drug-likeness (QED) is 0.704. The Labute approximate surface area is 143 Å². The summed E-state index contributed by atoms with van der Waals surface area (Å²) in [5.41, 5.74) is 2.41. The zero-order chi connectivity index (χ0) is 16.7. The van der Waals surface area contributed by atoms with Gasteiger partial charge in [-0.3, -0.25) is 4.79 Å². The van der Waals surface area contributed by atoms with Crippen LogP contribution >= 0.6 is 11.6 Å². The van der Waals surface area contributed by atoms with Crippen LogP contribution in [0.1, 0.15) is 15.9 Å². The van der Waals surface area contributed by atoms with Crippen molar-refractivity contribution in [1.29, 1.82) is 0 Å². The number of pyridine rings is 1. The Bertz CT molecular complexity index is 964. The fourth-order valence-corrected chi connectivity index (χ4v) is 3.01. The molecule has 0 bridgehead atoms. The molecule has 0 saturated carbocycles. The van der Waals surface area contributed by atoms with Gasteiger partial charge in [-0.05, 0) is 41.4 Å². The molecule has 0 spiro atoms. The average Bonchev–Trinajstić information content (AvgIpc) is 2.94. The van der Waals surface area contributed by atoms with E-state index in [1.54, 1.807) is 18.2 Å². The van der Waals surface area contributed by atoms with Crippen molar-refractivity contribution in [3.05, 3.63) is 64.7 Å². The van der Waals surface area contributed by atoms with Crippen molar-refractivity contribution in [2.45, 2.75) is 6.61 Å². The monoisotopic (exact) mass is 338 g/mol. The van der Waals surface area contributed by atoms with Crippen molar-refractivity contribution in [1.82, 2.24) is 4.98 Å². The zero-order valence-corrected chi connectivity index (χ0v) is 13.2. The molecule has 1 aliphatic rings. The van der Waals surface area contributed by atoms with Crippen molar-refractivity contribution in [3.63, 3.8) is 0 Å². The maximum Gasteiger partial charge on any atom is 0.491 e. The molecule has 0 fully saturated rings. The summed E-state index contributed by atoms with van der Waals surface area (Å²) in [6, 6.07) is 14.5. The number of nitrogens with one attached hydrogen (secondary N) is 1. The highest BCUT2D eigenvalue weighted by atomic mass is 35.5. The minimum Gasteiger partial charge on any atom is -0.423 e. The van der Waals surface area contributed by atoms with Gasteiger partial charge in [0.05, 0.1) is 22.7 Å². The Balaban J connectivity index is 1.65. The molecule has 1 aromatic heterocycles. The maximum atomic E-state index is 12.5. The van der Waals surface area contributed by atoms with Gasteiger partial charge in [0.15, 0.2) is 0 Å². The summed E-state index contributed by atoms with van der Waals surface area (Å²) in [5, 5.41) is 13.8. The van der Waals surface area contributed by atoms with Crippen molar-refractivity contribution in [3.8, 4) is 0 Å². The number of fused-ring (bicyclic) bond motifs is 2. The third-order valence-corrected chi connectivity index (χ3v) is 4.29. The first-order chi connectivity index (χ1) is 11.6. The molecule has 2 aromatic carbocycles. The number of benzene rings is 2. The van der Waals surface area contributed by atoms with E-state index in [0.717, 1.165) is 16.5 Å². The van der Waals surface area contributed by atoms with E-state index in [9.17, 15) is 9.82 Å². The number of nitrogens with zero attached hydrogens (tertiary/aromatic N) is 1. The Morgan fingerprint density at radius 2 is 2.08 bits per heavy atom. The average molecular weight is 339 g/mol. The molecule has 2 heterocycles. The molecule has 1 amide bonds. The van der Waals surface area contributed by atoms with Gasteiger partial charge >= 0.3 is 7.12 Å². The van der Waals surface area contributed by atoms with Crippen LogP contribution in [-0.4, -0.2) is 23.0 Å². The van der Waals surface area contributed by atoms with E-state index in [1.165, 1.54) is 0 Å². The highest BCUT2D eigenvalue weighted by Gasteiger charge is 2.29. The normalized spacial score (nSPS) is 13.2. The Morgan fingerprint density at radius 3 is 2.96 bits per heavy atom. The minimum atomic E-state index is -1.03. The molecule has 0 aliphatic carbocycles. The fourth-order valence-electron chi connectivity index (χ4n) is 2.74. The largest absolute Gasteiger partial charge is 0.491 e. The van der Waals surface area contributed by atoms with Gasteiger partial charge in [0.25, 0.3) is 5.91 Å². The smallest absolute Gasteiger partial charge is 0.423 e. The number of para-hydroxylation sites is 1. The van der Waals surface area contributed by atoms with Gasteiger partial charge in [-0.1, -0.05) is 29.8 Å². The van der Waals surface area contributed by atoms with E-state index < -0.39 is 7.12 Å². The zero-order valence-electron chi connectivity index (χ0n) is 12.5. The molecule has 1 aliphatic heterocycles. The van der Waals surface area contributed by atoms with Gasteiger partial charge in [0.2, 0.25) is 0 Å². The molecule has 4 rings (SSSR count). The second-order valence-electron chi connectivity index (χ2n) is 5.54. The molecule has 0 atom stereocenters. The molecule has 7 heteroatoms. The number of carbonyl (C=O) groups excluding carboxylic acids is 1. The SMILES string of the molecule is O=C(Nc1ccc2ccccc2n1)c1cc2c(cc1Cl)COB2O. The number of carbonyl (C=O) groups is 1. The van der Waals surface area contributed by atoms with E-state index >= 15 is 0 Å². The molecule has 5 nitrogen and oxygen atoms in total. The summed E-state index contributed by atoms with van der Waals surface area (Å²) in [5.74, 6) is 0.0525. The van der Waals surface area contributed by atoms with Gasteiger partial charge in [-0.15, -0.1) is 0 Å². The summed E-state index contributed by atoms with van der Waals surface area (Å²) in [6.07, 6.45) is 0. The molecule has 3 aromatic rings. The van der Waals surface area contributed by atoms with Crippen LogP contribution in [-0.2, 0) is 11.3 Å². The summed E-state index contributed by atoms with van der Waals surface area (Å²) < 4.78 is 5.13. The summed E-state index contributed by atoms with van der Waals surface area (Å²) >= 11 is 6.19.